The third-order valence-corrected chi connectivity index (χ3v) is 1.69. The van der Waals surface area contributed by atoms with Gasteiger partial charge in [0.05, 0.1) is 6.20 Å². The van der Waals surface area contributed by atoms with E-state index >= 15 is 0 Å². The summed E-state index contributed by atoms with van der Waals surface area (Å²) in [5.74, 6) is -0.273. The molecule has 0 amide bonds. The molecule has 0 aliphatic heterocycles. The van der Waals surface area contributed by atoms with Crippen LogP contribution in [-0.4, -0.2) is 4.98 Å². The van der Waals surface area contributed by atoms with E-state index in [2.05, 4.69) is 4.98 Å². The summed E-state index contributed by atoms with van der Waals surface area (Å²) in [5, 5.41) is 0. The number of nitrogens with zero attached hydrogens (tertiary/aromatic N) is 1. The first-order valence-corrected chi connectivity index (χ1v) is 4.37. The van der Waals surface area contributed by atoms with Crippen molar-refractivity contribution >= 4 is 0 Å². The van der Waals surface area contributed by atoms with Crippen LogP contribution < -0.4 is 5.73 Å². The summed E-state index contributed by atoms with van der Waals surface area (Å²) in [5.41, 5.74) is 6.80. The van der Waals surface area contributed by atoms with Crippen LogP contribution in [-0.2, 0) is 6.42 Å². The quantitative estimate of drug-likeness (QED) is 0.745. The van der Waals surface area contributed by atoms with Gasteiger partial charge >= 0.3 is 0 Å². The maximum absolute atomic E-state index is 13.0. The first-order valence-electron chi connectivity index (χ1n) is 4.37. The van der Waals surface area contributed by atoms with Crippen LogP contribution in [0.15, 0.2) is 42.4 Å². The van der Waals surface area contributed by atoms with Gasteiger partial charge in [-0.25, -0.2) is 4.39 Å². The van der Waals surface area contributed by atoms with E-state index in [4.69, 9.17) is 5.73 Å². The molecule has 2 N–H and O–H groups in total. The second-order valence-electron chi connectivity index (χ2n) is 3.01. The molecule has 1 rings (SSSR count). The lowest BCUT2D eigenvalue weighted by molar-refractivity contribution is 0.608. The largest absolute Gasteiger partial charge is 0.402 e. The minimum Gasteiger partial charge on any atom is -0.402 e. The Morgan fingerprint density at radius 3 is 3.07 bits per heavy atom. The van der Waals surface area contributed by atoms with Crippen molar-refractivity contribution in [2.75, 3.05) is 0 Å². The molecule has 0 radical (unpaired) electrons. The Labute approximate surface area is 83.0 Å². The standard InChI is InChI=1S/C11H13FN2/c1-9(13)4-2-3-5-10-6-7-14-8-11(10)12/h2-4,6-8H,5,13H2,1H3/b3-2-,9-4-. The predicted molar refractivity (Wildman–Crippen MR) is 55.0 cm³/mol. The molecule has 0 aromatic carbocycles. The lowest BCUT2D eigenvalue weighted by Crippen LogP contribution is -1.89. The van der Waals surface area contributed by atoms with Crippen LogP contribution in [0.4, 0.5) is 4.39 Å². The zero-order valence-electron chi connectivity index (χ0n) is 8.07. The van der Waals surface area contributed by atoms with Crippen molar-refractivity contribution in [3.63, 3.8) is 0 Å². The zero-order valence-corrected chi connectivity index (χ0v) is 8.07. The van der Waals surface area contributed by atoms with Gasteiger partial charge in [0.25, 0.3) is 0 Å². The molecule has 0 unspecified atom stereocenters. The van der Waals surface area contributed by atoms with Crippen LogP contribution in [0.5, 0.6) is 0 Å². The third-order valence-electron chi connectivity index (χ3n) is 1.69. The molecule has 14 heavy (non-hydrogen) atoms. The molecule has 1 aromatic heterocycles. The van der Waals surface area contributed by atoms with E-state index in [0.717, 1.165) is 5.70 Å². The third kappa shape index (κ3) is 3.39. The normalized spacial score (nSPS) is 12.3. The SMILES string of the molecule is C/C(N)=C/C=C\Cc1ccncc1F. The Balaban J connectivity index is 2.58. The number of hydrogen-bond donors (Lipinski definition) is 1. The first kappa shape index (κ1) is 10.4. The van der Waals surface area contributed by atoms with Gasteiger partial charge in [-0.1, -0.05) is 12.2 Å². The monoisotopic (exact) mass is 192 g/mol. The van der Waals surface area contributed by atoms with Gasteiger partial charge in [-0.3, -0.25) is 4.98 Å². The summed E-state index contributed by atoms with van der Waals surface area (Å²) >= 11 is 0. The van der Waals surface area contributed by atoms with Gasteiger partial charge in [0, 0.05) is 11.9 Å². The highest BCUT2D eigenvalue weighted by Gasteiger charge is 1.96. The second kappa shape index (κ2) is 5.17. The fourth-order valence-electron chi connectivity index (χ4n) is 0.984. The van der Waals surface area contributed by atoms with Gasteiger partial charge < -0.3 is 5.73 Å². The van der Waals surface area contributed by atoms with Crippen molar-refractivity contribution in [3.05, 3.63) is 53.8 Å². The van der Waals surface area contributed by atoms with E-state index in [1.807, 2.05) is 12.2 Å². The van der Waals surface area contributed by atoms with Gasteiger partial charge in [-0.2, -0.15) is 0 Å². The van der Waals surface area contributed by atoms with Crippen molar-refractivity contribution in [3.8, 4) is 0 Å². The van der Waals surface area contributed by atoms with Gasteiger partial charge in [-0.15, -0.1) is 0 Å². The number of halogens is 1. The maximum atomic E-state index is 13.0. The van der Waals surface area contributed by atoms with Crippen LogP contribution in [0.2, 0.25) is 0 Å². The average Bonchev–Trinajstić information content (AvgIpc) is 2.15. The Morgan fingerprint density at radius 1 is 1.64 bits per heavy atom. The summed E-state index contributed by atoms with van der Waals surface area (Å²) in [6, 6.07) is 1.67. The summed E-state index contributed by atoms with van der Waals surface area (Å²) < 4.78 is 13.0. The number of rotatable bonds is 3. The van der Waals surface area contributed by atoms with Crippen molar-refractivity contribution < 1.29 is 4.39 Å². The zero-order chi connectivity index (χ0) is 10.4. The minimum absolute atomic E-state index is 0.273. The van der Waals surface area contributed by atoms with Crippen molar-refractivity contribution in [2.45, 2.75) is 13.3 Å². The topological polar surface area (TPSA) is 38.9 Å². The average molecular weight is 192 g/mol. The van der Waals surface area contributed by atoms with Gasteiger partial charge in [0.1, 0.15) is 5.82 Å². The van der Waals surface area contributed by atoms with E-state index in [-0.39, 0.29) is 5.82 Å². The summed E-state index contributed by atoms with van der Waals surface area (Å²) in [7, 11) is 0. The molecule has 3 heteroatoms. The van der Waals surface area contributed by atoms with E-state index < -0.39 is 0 Å². The molecule has 0 saturated heterocycles. The lowest BCUT2D eigenvalue weighted by Gasteiger charge is -1.96. The summed E-state index contributed by atoms with van der Waals surface area (Å²) in [6.07, 6.45) is 8.80. The summed E-state index contributed by atoms with van der Waals surface area (Å²) in [6.45, 7) is 1.80. The fourth-order valence-corrected chi connectivity index (χ4v) is 0.984. The lowest BCUT2D eigenvalue weighted by atomic mass is 10.2. The van der Waals surface area contributed by atoms with Gasteiger partial charge in [0.2, 0.25) is 0 Å². The highest BCUT2D eigenvalue weighted by atomic mass is 19.1. The molecular formula is C11H13FN2. The Bertz CT molecular complexity index is 352. The van der Waals surface area contributed by atoms with Crippen LogP contribution in [0.25, 0.3) is 0 Å². The molecule has 2 nitrogen and oxygen atoms in total. The summed E-state index contributed by atoms with van der Waals surface area (Å²) in [4.78, 5) is 3.67. The highest BCUT2D eigenvalue weighted by molar-refractivity contribution is 5.18. The Kier molecular flexibility index (Phi) is 3.85. The molecule has 74 valence electrons. The number of aromatic nitrogens is 1. The van der Waals surface area contributed by atoms with Crippen LogP contribution in [0, 0.1) is 5.82 Å². The van der Waals surface area contributed by atoms with E-state index in [1.165, 1.54) is 6.20 Å². The molecule has 0 spiro atoms. The minimum atomic E-state index is -0.273. The van der Waals surface area contributed by atoms with E-state index in [0.29, 0.717) is 12.0 Å². The van der Waals surface area contributed by atoms with Crippen molar-refractivity contribution in [1.82, 2.24) is 4.98 Å². The molecule has 0 bridgehead atoms. The van der Waals surface area contributed by atoms with Gasteiger partial charge in [0.15, 0.2) is 0 Å². The fraction of sp³-hybridized carbons (Fsp3) is 0.182. The van der Waals surface area contributed by atoms with Crippen molar-refractivity contribution in [1.29, 1.82) is 0 Å². The molecule has 0 aliphatic rings. The first-order chi connectivity index (χ1) is 6.70. The molecule has 0 fully saturated rings. The molecule has 0 atom stereocenters. The molecular weight excluding hydrogens is 179 g/mol. The Hall–Kier alpha value is -1.64. The van der Waals surface area contributed by atoms with Crippen LogP contribution >= 0.6 is 0 Å². The van der Waals surface area contributed by atoms with Gasteiger partial charge in [-0.05, 0) is 31.1 Å². The highest BCUT2D eigenvalue weighted by Crippen LogP contribution is 2.05. The molecule has 0 saturated carbocycles. The smallest absolute Gasteiger partial charge is 0.144 e. The number of pyridine rings is 1. The number of hydrogen-bond acceptors (Lipinski definition) is 2. The number of allylic oxidation sites excluding steroid dienone is 4. The molecule has 1 aromatic rings. The van der Waals surface area contributed by atoms with E-state index in [1.54, 1.807) is 25.3 Å². The molecule has 0 aliphatic carbocycles. The van der Waals surface area contributed by atoms with Crippen LogP contribution in [0.3, 0.4) is 0 Å². The van der Waals surface area contributed by atoms with Crippen molar-refractivity contribution in [2.24, 2.45) is 5.73 Å². The number of nitrogens with two attached hydrogens (primary N) is 1. The molecule has 1 heterocycles. The van der Waals surface area contributed by atoms with E-state index in [9.17, 15) is 4.39 Å². The van der Waals surface area contributed by atoms with Crippen LogP contribution in [0.1, 0.15) is 12.5 Å². The second-order valence-corrected chi connectivity index (χ2v) is 3.01. The predicted octanol–water partition coefficient (Wildman–Crippen LogP) is 2.18. The Morgan fingerprint density at radius 2 is 2.43 bits per heavy atom. The maximum Gasteiger partial charge on any atom is 0.144 e.